The second-order valence-electron chi connectivity index (χ2n) is 10.3. The van der Waals surface area contributed by atoms with E-state index in [0.717, 1.165) is 47.8 Å². The Balaban J connectivity index is 1.47. The minimum absolute atomic E-state index is 0.0292. The zero-order chi connectivity index (χ0) is 26.4. The molecule has 0 saturated carbocycles. The molecular weight excluding hydrogens is 492 g/mol. The number of aryl methyl sites for hydroxylation is 2. The number of benzene rings is 1. The number of likely N-dealkylation sites (tertiary alicyclic amines) is 1. The molecule has 0 bridgehead atoms. The van der Waals surface area contributed by atoms with Crippen molar-refractivity contribution in [3.8, 4) is 5.75 Å². The average Bonchev–Trinajstić information content (AvgIpc) is 2.87. The molecule has 2 aliphatic rings. The molecule has 2 aromatic rings. The number of morpholine rings is 1. The normalized spacial score (nSPS) is 21.0. The minimum atomic E-state index is -0.779. The zero-order valence-corrected chi connectivity index (χ0v) is 22.7. The molecule has 0 unspecified atom stereocenters. The van der Waals surface area contributed by atoms with Crippen LogP contribution in [0.25, 0.3) is 0 Å². The molecule has 200 valence electrons. The summed E-state index contributed by atoms with van der Waals surface area (Å²) in [6, 6.07) is 8.00. The van der Waals surface area contributed by atoms with E-state index in [9.17, 15) is 9.59 Å². The van der Waals surface area contributed by atoms with Gasteiger partial charge in [-0.25, -0.2) is 0 Å². The number of nitrogens with one attached hydrogen (secondary N) is 1. The third kappa shape index (κ3) is 7.43. The maximum Gasteiger partial charge on any atom is 0.225 e. The third-order valence-corrected chi connectivity index (χ3v) is 7.72. The lowest BCUT2D eigenvalue weighted by Crippen LogP contribution is -2.57. The van der Waals surface area contributed by atoms with Crippen molar-refractivity contribution in [2.45, 2.75) is 58.2 Å². The molecule has 8 nitrogen and oxygen atoms in total. The predicted octanol–water partition coefficient (Wildman–Crippen LogP) is 3.52. The molecule has 1 aromatic carbocycles. The number of halogens is 1. The summed E-state index contributed by atoms with van der Waals surface area (Å²) in [7, 11) is 0. The molecule has 2 saturated heterocycles. The fourth-order valence-corrected chi connectivity index (χ4v) is 5.31. The number of carbonyl (C=O) groups is 2. The summed E-state index contributed by atoms with van der Waals surface area (Å²) in [6.07, 6.45) is 5.34. The van der Waals surface area contributed by atoms with E-state index in [0.29, 0.717) is 26.2 Å². The molecule has 0 spiro atoms. The Morgan fingerprint density at radius 3 is 2.49 bits per heavy atom. The zero-order valence-electron chi connectivity index (χ0n) is 22.0. The van der Waals surface area contributed by atoms with Crippen LogP contribution in [0.2, 0.25) is 5.02 Å². The number of ether oxygens (including phenoxy) is 2. The number of rotatable bonds is 8. The molecule has 1 atom stereocenters. The number of amides is 2. The maximum atomic E-state index is 13.5. The Kier molecular flexibility index (Phi) is 9.05. The molecule has 2 aliphatic heterocycles. The summed E-state index contributed by atoms with van der Waals surface area (Å²) in [4.78, 5) is 33.2. The lowest BCUT2D eigenvalue weighted by Gasteiger charge is -2.43. The Hall–Kier alpha value is -2.68. The summed E-state index contributed by atoms with van der Waals surface area (Å²) >= 11 is 6.35. The van der Waals surface area contributed by atoms with Crippen LogP contribution in [0.3, 0.4) is 0 Å². The Morgan fingerprint density at radius 2 is 1.84 bits per heavy atom. The highest BCUT2D eigenvalue weighted by Crippen LogP contribution is 2.30. The number of hydrogen-bond donors (Lipinski definition) is 1. The topological polar surface area (TPSA) is 84.0 Å². The maximum absolute atomic E-state index is 13.5. The van der Waals surface area contributed by atoms with Gasteiger partial charge in [-0.2, -0.15) is 0 Å². The van der Waals surface area contributed by atoms with Crippen LogP contribution in [0, 0.1) is 13.8 Å². The van der Waals surface area contributed by atoms with Gasteiger partial charge in [0.1, 0.15) is 18.0 Å². The van der Waals surface area contributed by atoms with Gasteiger partial charge in [0.2, 0.25) is 11.8 Å². The molecule has 0 radical (unpaired) electrons. The first kappa shape index (κ1) is 27.4. The number of carbonyl (C=O) groups excluding carboxylic acids is 2. The fourth-order valence-electron chi connectivity index (χ4n) is 5.20. The smallest absolute Gasteiger partial charge is 0.225 e. The largest absolute Gasteiger partial charge is 0.490 e. The Bertz CT molecular complexity index is 1070. The highest BCUT2D eigenvalue weighted by molar-refractivity contribution is 6.32. The van der Waals surface area contributed by atoms with Gasteiger partial charge >= 0.3 is 0 Å². The number of hydrogen-bond acceptors (Lipinski definition) is 6. The number of nitrogens with zero attached hydrogens (tertiary/aromatic N) is 3. The van der Waals surface area contributed by atoms with Crippen LogP contribution in [-0.4, -0.2) is 77.6 Å². The standard InChI is InChI=1S/C28H37ClN4O4/c1-20-14-25(15-21(2)27(20)29)36-19-28(16-26(35)33-10-6-24(7-11-33)31-22(3)34)18-32(12-13-37-28)17-23-4-8-30-9-5-23/h4-5,8-9,14-15,24H,6-7,10-13,16-19H2,1-3H3,(H,31,34)/t28-/m1/s1. The van der Waals surface area contributed by atoms with E-state index >= 15 is 0 Å². The molecule has 2 fully saturated rings. The van der Waals surface area contributed by atoms with Crippen LogP contribution in [0.5, 0.6) is 5.75 Å². The second kappa shape index (κ2) is 12.2. The van der Waals surface area contributed by atoms with Crippen molar-refractivity contribution >= 4 is 23.4 Å². The Labute approximate surface area is 224 Å². The summed E-state index contributed by atoms with van der Waals surface area (Å²) in [5.41, 5.74) is 2.29. The molecule has 2 amide bonds. The molecule has 0 aliphatic carbocycles. The van der Waals surface area contributed by atoms with Crippen molar-refractivity contribution in [2.24, 2.45) is 0 Å². The van der Waals surface area contributed by atoms with Crippen molar-refractivity contribution in [1.29, 1.82) is 0 Å². The van der Waals surface area contributed by atoms with Gasteiger partial charge in [0.05, 0.1) is 13.0 Å². The number of piperidine rings is 1. The summed E-state index contributed by atoms with van der Waals surface area (Å²) in [5, 5.41) is 3.70. The van der Waals surface area contributed by atoms with Gasteiger partial charge in [-0.1, -0.05) is 11.6 Å². The quantitative estimate of drug-likeness (QED) is 0.564. The van der Waals surface area contributed by atoms with Crippen LogP contribution in [0.1, 0.15) is 42.9 Å². The van der Waals surface area contributed by atoms with Crippen LogP contribution in [-0.2, 0) is 20.9 Å². The average molecular weight is 529 g/mol. The highest BCUT2D eigenvalue weighted by Gasteiger charge is 2.41. The molecule has 1 N–H and O–H groups in total. The van der Waals surface area contributed by atoms with E-state index < -0.39 is 5.60 Å². The van der Waals surface area contributed by atoms with Crippen LogP contribution in [0.15, 0.2) is 36.7 Å². The summed E-state index contributed by atoms with van der Waals surface area (Å²) in [6.45, 7) is 9.58. The lowest BCUT2D eigenvalue weighted by atomic mass is 9.95. The van der Waals surface area contributed by atoms with E-state index in [1.54, 1.807) is 12.4 Å². The minimum Gasteiger partial charge on any atom is -0.490 e. The van der Waals surface area contributed by atoms with Crippen molar-refractivity contribution < 1.29 is 19.1 Å². The van der Waals surface area contributed by atoms with Crippen LogP contribution >= 0.6 is 11.6 Å². The Morgan fingerprint density at radius 1 is 1.16 bits per heavy atom. The van der Waals surface area contributed by atoms with Crippen molar-refractivity contribution in [3.05, 3.63) is 58.4 Å². The van der Waals surface area contributed by atoms with E-state index in [1.165, 1.54) is 12.5 Å². The molecular formula is C28H37ClN4O4. The van der Waals surface area contributed by atoms with E-state index in [1.807, 2.05) is 43.0 Å². The van der Waals surface area contributed by atoms with Gasteiger partial charge in [-0.15, -0.1) is 0 Å². The van der Waals surface area contributed by atoms with Crippen molar-refractivity contribution in [2.75, 3.05) is 39.4 Å². The van der Waals surface area contributed by atoms with Crippen LogP contribution in [0.4, 0.5) is 0 Å². The third-order valence-electron chi connectivity index (χ3n) is 7.12. The van der Waals surface area contributed by atoms with Gasteiger partial charge in [0.15, 0.2) is 0 Å². The molecule has 9 heteroatoms. The van der Waals surface area contributed by atoms with Gasteiger partial charge in [0, 0.05) is 63.1 Å². The fraction of sp³-hybridized carbons (Fsp3) is 0.536. The first-order valence-electron chi connectivity index (χ1n) is 12.9. The van der Waals surface area contributed by atoms with Crippen molar-refractivity contribution in [1.82, 2.24) is 20.1 Å². The molecule has 4 rings (SSSR count). The van der Waals surface area contributed by atoms with Gasteiger partial charge in [0.25, 0.3) is 0 Å². The first-order valence-corrected chi connectivity index (χ1v) is 13.3. The predicted molar refractivity (Wildman–Crippen MR) is 143 cm³/mol. The molecule has 37 heavy (non-hydrogen) atoms. The number of pyridine rings is 1. The molecule has 1 aromatic heterocycles. The van der Waals surface area contributed by atoms with E-state index in [2.05, 4.69) is 15.2 Å². The summed E-state index contributed by atoms with van der Waals surface area (Å²) in [5.74, 6) is 0.745. The van der Waals surface area contributed by atoms with E-state index in [4.69, 9.17) is 21.1 Å². The van der Waals surface area contributed by atoms with Crippen molar-refractivity contribution in [3.63, 3.8) is 0 Å². The van der Waals surface area contributed by atoms with Gasteiger partial charge in [-0.3, -0.25) is 19.5 Å². The highest BCUT2D eigenvalue weighted by atomic mass is 35.5. The monoisotopic (exact) mass is 528 g/mol. The first-order chi connectivity index (χ1) is 17.7. The van der Waals surface area contributed by atoms with Gasteiger partial charge in [-0.05, 0) is 67.6 Å². The van der Waals surface area contributed by atoms with E-state index in [-0.39, 0.29) is 30.9 Å². The molecule has 3 heterocycles. The van der Waals surface area contributed by atoms with Gasteiger partial charge < -0.3 is 19.7 Å². The number of aromatic nitrogens is 1. The lowest BCUT2D eigenvalue weighted by molar-refractivity contribution is -0.157. The summed E-state index contributed by atoms with van der Waals surface area (Å²) < 4.78 is 12.6. The SMILES string of the molecule is CC(=O)NC1CCN(C(=O)C[C@]2(COc3cc(C)c(Cl)c(C)c3)CN(Cc3ccncc3)CCO2)CC1. The van der Waals surface area contributed by atoms with Crippen LogP contribution < -0.4 is 10.1 Å². The second-order valence-corrected chi connectivity index (χ2v) is 10.7.